The number of carbonyl (C=O) groups is 2. The maximum Gasteiger partial charge on any atom is 0.325 e. The van der Waals surface area contributed by atoms with E-state index in [1.54, 1.807) is 0 Å². The zero-order valence-corrected chi connectivity index (χ0v) is 12.5. The van der Waals surface area contributed by atoms with Crippen molar-refractivity contribution in [2.75, 3.05) is 31.1 Å². The lowest BCUT2D eigenvalue weighted by molar-refractivity contribution is -0.152. The van der Waals surface area contributed by atoms with E-state index < -0.39 is 11.5 Å². The van der Waals surface area contributed by atoms with E-state index in [4.69, 9.17) is 5.73 Å². The Morgan fingerprint density at radius 3 is 2.53 bits per heavy atom. The Kier molecular flexibility index (Phi) is 6.45. The maximum atomic E-state index is 11.2. The maximum absolute atomic E-state index is 11.2. The largest absolute Gasteiger partial charge is 0.480 e. The molecule has 19 heavy (non-hydrogen) atoms. The number of hydrogen-bond acceptors (Lipinski definition) is 6. The van der Waals surface area contributed by atoms with Gasteiger partial charge in [0, 0.05) is 31.4 Å². The summed E-state index contributed by atoms with van der Waals surface area (Å²) in [5.74, 6) is -0.342. The number of carboxylic acid groups (broad SMARTS) is 1. The highest BCUT2D eigenvalue weighted by Crippen LogP contribution is 2.34. The summed E-state index contributed by atoms with van der Waals surface area (Å²) >= 11 is 8.05. The molecule has 0 aliphatic heterocycles. The average molecular weight is 307 g/mol. The molecule has 0 heterocycles. The molecule has 4 N–H and O–H groups in total. The second kappa shape index (κ2) is 7.37. The van der Waals surface area contributed by atoms with Gasteiger partial charge in [0.15, 0.2) is 0 Å². The van der Waals surface area contributed by atoms with Crippen molar-refractivity contribution in [1.82, 2.24) is 10.2 Å². The molecule has 0 aromatic rings. The molecule has 0 bridgehead atoms. The number of carboxylic acids is 1. The quantitative estimate of drug-likeness (QED) is 0.379. The topological polar surface area (TPSA) is 95.7 Å². The summed E-state index contributed by atoms with van der Waals surface area (Å²) in [7, 11) is 0. The lowest BCUT2D eigenvalue weighted by Gasteiger charge is -2.49. The zero-order chi connectivity index (χ0) is 14.5. The molecule has 0 aromatic heterocycles. The van der Waals surface area contributed by atoms with E-state index in [0.29, 0.717) is 31.8 Å². The number of carbonyl (C=O) groups excluding carboxylic acids is 1. The van der Waals surface area contributed by atoms with Crippen LogP contribution in [0.3, 0.4) is 0 Å². The molecule has 8 heteroatoms. The molecule has 0 aromatic carbocycles. The fourth-order valence-corrected chi connectivity index (χ4v) is 2.66. The van der Waals surface area contributed by atoms with Gasteiger partial charge in [-0.25, -0.2) is 0 Å². The number of nitrogens with one attached hydrogen (secondary N) is 1. The van der Waals surface area contributed by atoms with Gasteiger partial charge in [-0.15, -0.1) is 0 Å². The fourth-order valence-electron chi connectivity index (χ4n) is 2.29. The Bertz CT molecular complexity index is 343. The number of nitrogens with two attached hydrogens (primary N) is 1. The van der Waals surface area contributed by atoms with Crippen molar-refractivity contribution >= 4 is 37.1 Å². The zero-order valence-electron chi connectivity index (χ0n) is 10.7. The normalized spacial score (nSPS) is 26.0. The highest BCUT2D eigenvalue weighted by atomic mass is 32.1. The summed E-state index contributed by atoms with van der Waals surface area (Å²) in [5.41, 5.74) is 4.74. The van der Waals surface area contributed by atoms with Crippen molar-refractivity contribution in [3.63, 3.8) is 0 Å². The molecular formula is C11H21N3O3S2. The van der Waals surface area contributed by atoms with Crippen molar-refractivity contribution in [3.8, 4) is 0 Å². The molecule has 2 atom stereocenters. The van der Waals surface area contributed by atoms with Gasteiger partial charge in [0.2, 0.25) is 5.91 Å². The van der Waals surface area contributed by atoms with Crippen LogP contribution in [0.1, 0.15) is 12.8 Å². The molecule has 0 saturated heterocycles. The third-order valence-electron chi connectivity index (χ3n) is 3.52. The van der Waals surface area contributed by atoms with Crippen LogP contribution in [-0.2, 0) is 9.59 Å². The summed E-state index contributed by atoms with van der Waals surface area (Å²) in [5, 5.41) is 11.9. The van der Waals surface area contributed by atoms with Crippen molar-refractivity contribution in [2.45, 2.75) is 24.4 Å². The minimum atomic E-state index is -1.17. The lowest BCUT2D eigenvalue weighted by Crippen LogP contribution is -2.70. The van der Waals surface area contributed by atoms with Gasteiger partial charge in [-0.2, -0.15) is 25.3 Å². The minimum Gasteiger partial charge on any atom is -0.480 e. The molecule has 1 rings (SSSR count). The van der Waals surface area contributed by atoms with Crippen LogP contribution in [0.5, 0.6) is 0 Å². The Labute approximate surface area is 123 Å². The van der Waals surface area contributed by atoms with Crippen LogP contribution in [0.15, 0.2) is 0 Å². The van der Waals surface area contributed by atoms with E-state index in [-0.39, 0.29) is 17.7 Å². The van der Waals surface area contributed by atoms with Crippen molar-refractivity contribution < 1.29 is 14.7 Å². The lowest BCUT2D eigenvalue weighted by atomic mass is 9.71. The first-order chi connectivity index (χ1) is 8.95. The molecule has 6 nitrogen and oxygen atoms in total. The number of aliphatic carboxylic acids is 1. The van der Waals surface area contributed by atoms with Crippen LogP contribution < -0.4 is 11.1 Å². The summed E-state index contributed by atoms with van der Waals surface area (Å²) in [4.78, 5) is 24.3. The average Bonchev–Trinajstić information content (AvgIpc) is 2.36. The Hall–Kier alpha value is -0.440. The smallest absolute Gasteiger partial charge is 0.325 e. The molecule has 1 fully saturated rings. The van der Waals surface area contributed by atoms with Crippen LogP contribution >= 0.6 is 25.3 Å². The first-order valence-electron chi connectivity index (χ1n) is 6.20. The molecule has 1 aliphatic carbocycles. The van der Waals surface area contributed by atoms with Crippen LogP contribution in [0.25, 0.3) is 0 Å². The molecule has 1 aliphatic rings. The summed E-state index contributed by atoms with van der Waals surface area (Å²) in [6.07, 6.45) is 1.25. The predicted molar refractivity (Wildman–Crippen MR) is 79.9 cm³/mol. The van der Waals surface area contributed by atoms with Crippen LogP contribution in [0.4, 0.5) is 0 Å². The number of nitrogens with zero attached hydrogens (tertiary/aromatic N) is 1. The molecule has 110 valence electrons. The third kappa shape index (κ3) is 4.01. The monoisotopic (exact) mass is 307 g/mol. The molecular weight excluding hydrogens is 286 g/mol. The van der Waals surface area contributed by atoms with E-state index in [1.165, 1.54) is 0 Å². The van der Waals surface area contributed by atoms with Gasteiger partial charge in [0.1, 0.15) is 5.54 Å². The van der Waals surface area contributed by atoms with Crippen LogP contribution in [-0.4, -0.2) is 64.6 Å². The van der Waals surface area contributed by atoms with Gasteiger partial charge < -0.3 is 16.2 Å². The van der Waals surface area contributed by atoms with Crippen molar-refractivity contribution in [2.24, 2.45) is 5.73 Å². The molecule has 0 spiro atoms. The highest BCUT2D eigenvalue weighted by Gasteiger charge is 2.52. The third-order valence-corrected chi connectivity index (χ3v) is 4.00. The fraction of sp³-hybridized carbons (Fsp3) is 0.818. The molecule has 1 unspecified atom stereocenters. The van der Waals surface area contributed by atoms with Crippen LogP contribution in [0, 0.1) is 0 Å². The van der Waals surface area contributed by atoms with E-state index in [0.717, 1.165) is 6.42 Å². The van der Waals surface area contributed by atoms with Crippen LogP contribution in [0.2, 0.25) is 0 Å². The predicted octanol–water partition coefficient (Wildman–Crippen LogP) is -0.791. The highest BCUT2D eigenvalue weighted by molar-refractivity contribution is 7.81. The number of thiol groups is 2. The standard InChI is InChI=1S/C11H21N3O3S2/c12-11(10(16)17)2-1-8(11)14(5-6-18)4-3-13-9(15)7-19/h8,18-19H,1-7,12H2,(H,13,15)(H,16,17)/t8?,11-/m0/s1. The van der Waals surface area contributed by atoms with Gasteiger partial charge in [0.25, 0.3) is 0 Å². The van der Waals surface area contributed by atoms with Crippen molar-refractivity contribution in [3.05, 3.63) is 0 Å². The number of rotatable bonds is 8. The number of hydrogen-bond donors (Lipinski definition) is 5. The number of amides is 1. The summed E-state index contributed by atoms with van der Waals surface area (Å²) in [6, 6.07) is -0.190. The molecule has 1 amide bonds. The van der Waals surface area contributed by atoms with E-state index >= 15 is 0 Å². The molecule has 0 radical (unpaired) electrons. The van der Waals surface area contributed by atoms with E-state index in [1.807, 2.05) is 4.90 Å². The summed E-state index contributed by atoms with van der Waals surface area (Å²) < 4.78 is 0. The van der Waals surface area contributed by atoms with Gasteiger partial charge in [0.05, 0.1) is 5.75 Å². The first kappa shape index (κ1) is 16.6. The van der Waals surface area contributed by atoms with E-state index in [9.17, 15) is 14.7 Å². The Morgan fingerprint density at radius 1 is 1.42 bits per heavy atom. The first-order valence-corrected chi connectivity index (χ1v) is 7.47. The SMILES string of the molecule is N[C@@]1(C(=O)O)CCC1N(CCS)CCNC(=O)CS. The second-order valence-corrected chi connectivity index (χ2v) is 5.43. The minimum absolute atomic E-state index is 0.139. The van der Waals surface area contributed by atoms with Gasteiger partial charge in [-0.3, -0.25) is 14.5 Å². The van der Waals surface area contributed by atoms with E-state index in [2.05, 4.69) is 30.6 Å². The Morgan fingerprint density at radius 2 is 2.11 bits per heavy atom. The van der Waals surface area contributed by atoms with Gasteiger partial charge in [-0.05, 0) is 12.8 Å². The Balaban J connectivity index is 2.53. The second-order valence-electron chi connectivity index (χ2n) is 4.67. The molecule has 1 saturated carbocycles. The van der Waals surface area contributed by atoms with Gasteiger partial charge in [-0.1, -0.05) is 0 Å². The summed E-state index contributed by atoms with van der Waals surface area (Å²) in [6.45, 7) is 1.67. The van der Waals surface area contributed by atoms with Gasteiger partial charge >= 0.3 is 5.97 Å². The van der Waals surface area contributed by atoms with Crippen molar-refractivity contribution in [1.29, 1.82) is 0 Å².